The van der Waals surface area contributed by atoms with E-state index in [0.29, 0.717) is 19.6 Å². The highest BCUT2D eigenvalue weighted by atomic mass is 16.6. The van der Waals surface area contributed by atoms with Crippen LogP contribution in [-0.4, -0.2) is 39.9 Å². The Kier molecular flexibility index (Phi) is 5.89. The molecule has 0 unspecified atom stereocenters. The largest absolute Gasteiger partial charge is 0.444 e. The summed E-state index contributed by atoms with van der Waals surface area (Å²) in [7, 11) is 0. The van der Waals surface area contributed by atoms with Gasteiger partial charge in [-0.1, -0.05) is 36.4 Å². The first-order valence-electron chi connectivity index (χ1n) is 11.9. The van der Waals surface area contributed by atoms with Crippen molar-refractivity contribution in [3.63, 3.8) is 0 Å². The molecule has 4 aromatic rings. The quantitative estimate of drug-likeness (QED) is 0.338. The third-order valence-electron chi connectivity index (χ3n) is 6.12. The van der Waals surface area contributed by atoms with Crippen molar-refractivity contribution in [3.05, 3.63) is 84.1 Å². The number of aryl methyl sites for hydroxylation is 1. The van der Waals surface area contributed by atoms with Crippen LogP contribution >= 0.6 is 0 Å². The summed E-state index contributed by atoms with van der Waals surface area (Å²) in [5.74, 6) is 0. The van der Waals surface area contributed by atoms with Gasteiger partial charge in [0, 0.05) is 30.0 Å². The Morgan fingerprint density at radius 2 is 1.69 bits per heavy atom. The second-order valence-corrected chi connectivity index (χ2v) is 9.99. The monoisotopic (exact) mass is 466 g/mol. The summed E-state index contributed by atoms with van der Waals surface area (Å²) in [6.07, 6.45) is -0.302. The summed E-state index contributed by atoms with van der Waals surface area (Å²) < 4.78 is 5.72. The SMILES string of the molecule is Cc1ccc(-c2ccc3c(c2)CN(C(=O)OC(C)(C)C)CCN3c2ccc3ccccc3c2)nn1. The molecule has 0 saturated heterocycles. The zero-order chi connectivity index (χ0) is 24.6. The summed E-state index contributed by atoms with van der Waals surface area (Å²) in [5, 5.41) is 11.0. The number of ether oxygens (including phenoxy) is 1. The van der Waals surface area contributed by atoms with Crippen molar-refractivity contribution in [2.45, 2.75) is 39.8 Å². The molecule has 6 heteroatoms. The Morgan fingerprint density at radius 1 is 0.886 bits per heavy atom. The number of fused-ring (bicyclic) bond motifs is 2. The highest BCUT2D eigenvalue weighted by molar-refractivity contribution is 5.87. The van der Waals surface area contributed by atoms with Crippen LogP contribution < -0.4 is 4.90 Å². The zero-order valence-corrected chi connectivity index (χ0v) is 20.7. The number of rotatable bonds is 2. The van der Waals surface area contributed by atoms with Gasteiger partial charge in [-0.15, -0.1) is 0 Å². The Balaban J connectivity index is 1.57. The minimum atomic E-state index is -0.552. The first-order valence-corrected chi connectivity index (χ1v) is 11.9. The van der Waals surface area contributed by atoms with Crippen LogP contribution in [0.4, 0.5) is 16.2 Å². The summed E-state index contributed by atoms with van der Waals surface area (Å²) in [6, 6.07) is 25.1. The highest BCUT2D eigenvalue weighted by Crippen LogP contribution is 2.36. The van der Waals surface area contributed by atoms with Crippen LogP contribution in [0, 0.1) is 6.92 Å². The van der Waals surface area contributed by atoms with Gasteiger partial charge in [0.2, 0.25) is 0 Å². The number of aromatic nitrogens is 2. The number of hydrogen-bond donors (Lipinski definition) is 0. The standard InChI is InChI=1S/C29H30N4O2/c1-20-9-13-26(31-30-20)23-11-14-27-24(17-23)19-32(28(34)35-29(2,3)4)15-16-33(27)25-12-10-21-7-5-6-8-22(21)18-25/h5-14,17-18H,15-16,19H2,1-4H3. The van der Waals surface area contributed by atoms with Gasteiger partial charge in [0.05, 0.1) is 17.9 Å². The van der Waals surface area contributed by atoms with Gasteiger partial charge in [-0.2, -0.15) is 10.2 Å². The van der Waals surface area contributed by atoms with Gasteiger partial charge < -0.3 is 14.5 Å². The lowest BCUT2D eigenvalue weighted by Crippen LogP contribution is -2.38. The molecular formula is C29H30N4O2. The highest BCUT2D eigenvalue weighted by Gasteiger charge is 2.28. The predicted octanol–water partition coefficient (Wildman–Crippen LogP) is 6.49. The fraction of sp³-hybridized carbons (Fsp3) is 0.276. The zero-order valence-electron chi connectivity index (χ0n) is 20.7. The molecule has 0 bridgehead atoms. The van der Waals surface area contributed by atoms with Gasteiger partial charge in [-0.25, -0.2) is 4.79 Å². The molecule has 1 aromatic heterocycles. The van der Waals surface area contributed by atoms with E-state index < -0.39 is 5.60 Å². The smallest absolute Gasteiger partial charge is 0.410 e. The van der Waals surface area contributed by atoms with Crippen LogP contribution in [0.25, 0.3) is 22.0 Å². The van der Waals surface area contributed by atoms with Gasteiger partial charge in [0.15, 0.2) is 0 Å². The van der Waals surface area contributed by atoms with E-state index in [1.54, 1.807) is 4.90 Å². The molecule has 35 heavy (non-hydrogen) atoms. The Labute approximate surface area is 206 Å². The lowest BCUT2D eigenvalue weighted by molar-refractivity contribution is 0.0244. The molecule has 0 atom stereocenters. The summed E-state index contributed by atoms with van der Waals surface area (Å²) in [6.45, 7) is 9.28. The molecule has 1 aliphatic rings. The molecule has 2 heterocycles. The van der Waals surface area contributed by atoms with E-state index >= 15 is 0 Å². The van der Waals surface area contributed by atoms with Crippen molar-refractivity contribution in [2.24, 2.45) is 0 Å². The molecule has 0 saturated carbocycles. The third kappa shape index (κ3) is 4.97. The minimum absolute atomic E-state index is 0.302. The molecular weight excluding hydrogens is 436 g/mol. The van der Waals surface area contributed by atoms with E-state index in [2.05, 4.69) is 75.8 Å². The van der Waals surface area contributed by atoms with Crippen LogP contribution in [0.5, 0.6) is 0 Å². The lowest BCUT2D eigenvalue weighted by atomic mass is 10.0. The number of benzene rings is 3. The van der Waals surface area contributed by atoms with Gasteiger partial charge >= 0.3 is 6.09 Å². The summed E-state index contributed by atoms with van der Waals surface area (Å²) >= 11 is 0. The number of amides is 1. The third-order valence-corrected chi connectivity index (χ3v) is 6.12. The normalized spacial score (nSPS) is 13.9. The molecule has 0 N–H and O–H groups in total. The van der Waals surface area contributed by atoms with Crippen LogP contribution in [0.3, 0.4) is 0 Å². The maximum Gasteiger partial charge on any atom is 0.410 e. The second kappa shape index (κ2) is 9.02. The molecule has 6 nitrogen and oxygen atoms in total. The van der Waals surface area contributed by atoms with E-state index in [4.69, 9.17) is 4.74 Å². The maximum atomic E-state index is 13.0. The summed E-state index contributed by atoms with van der Waals surface area (Å²) in [5.41, 5.74) is 5.32. The van der Waals surface area contributed by atoms with E-state index in [-0.39, 0.29) is 6.09 Å². The Morgan fingerprint density at radius 3 is 2.43 bits per heavy atom. The first kappa shape index (κ1) is 22.8. The lowest BCUT2D eigenvalue weighted by Gasteiger charge is -2.27. The topological polar surface area (TPSA) is 58.6 Å². The number of carbonyl (C=O) groups is 1. The van der Waals surface area contributed by atoms with Crippen LogP contribution in [-0.2, 0) is 11.3 Å². The fourth-order valence-corrected chi connectivity index (χ4v) is 4.41. The minimum Gasteiger partial charge on any atom is -0.444 e. The Hall–Kier alpha value is -3.93. The van der Waals surface area contributed by atoms with Crippen molar-refractivity contribution < 1.29 is 9.53 Å². The molecule has 0 aliphatic carbocycles. The van der Waals surface area contributed by atoms with Crippen molar-refractivity contribution in [3.8, 4) is 11.3 Å². The van der Waals surface area contributed by atoms with Gasteiger partial charge in [0.1, 0.15) is 5.60 Å². The molecule has 3 aromatic carbocycles. The molecule has 1 amide bonds. The van der Waals surface area contributed by atoms with Crippen LogP contribution in [0.15, 0.2) is 72.8 Å². The van der Waals surface area contributed by atoms with Crippen molar-refractivity contribution in [1.29, 1.82) is 0 Å². The van der Waals surface area contributed by atoms with Crippen LogP contribution in [0.2, 0.25) is 0 Å². The van der Waals surface area contributed by atoms with E-state index in [0.717, 1.165) is 33.9 Å². The number of anilines is 2. The molecule has 178 valence electrons. The van der Waals surface area contributed by atoms with Gasteiger partial charge in [-0.3, -0.25) is 0 Å². The Bertz CT molecular complexity index is 1380. The molecule has 1 aliphatic heterocycles. The average Bonchev–Trinajstić information content (AvgIpc) is 3.02. The number of carbonyl (C=O) groups excluding carboxylic acids is 1. The van der Waals surface area contributed by atoms with Crippen molar-refractivity contribution >= 4 is 28.2 Å². The summed E-state index contributed by atoms with van der Waals surface area (Å²) in [4.78, 5) is 17.1. The van der Waals surface area contributed by atoms with Crippen molar-refractivity contribution in [2.75, 3.05) is 18.0 Å². The predicted molar refractivity (Wildman–Crippen MR) is 140 cm³/mol. The number of hydrogen-bond acceptors (Lipinski definition) is 5. The van der Waals surface area contributed by atoms with E-state index in [1.807, 2.05) is 39.8 Å². The molecule has 0 radical (unpaired) electrons. The second-order valence-electron chi connectivity index (χ2n) is 9.99. The maximum absolute atomic E-state index is 13.0. The van der Waals surface area contributed by atoms with Crippen LogP contribution in [0.1, 0.15) is 32.0 Å². The van der Waals surface area contributed by atoms with Gasteiger partial charge in [-0.05, 0) is 80.4 Å². The van der Waals surface area contributed by atoms with Crippen molar-refractivity contribution in [1.82, 2.24) is 15.1 Å². The first-order chi connectivity index (χ1) is 16.8. The fourth-order valence-electron chi connectivity index (χ4n) is 4.41. The van der Waals surface area contributed by atoms with Gasteiger partial charge in [0.25, 0.3) is 0 Å². The number of nitrogens with zero attached hydrogens (tertiary/aromatic N) is 4. The molecule has 0 fully saturated rings. The molecule has 0 spiro atoms. The van der Waals surface area contributed by atoms with E-state index in [1.165, 1.54) is 10.8 Å². The molecule has 5 rings (SSSR count). The van der Waals surface area contributed by atoms with E-state index in [9.17, 15) is 4.79 Å². The average molecular weight is 467 g/mol.